The molecule has 6 unspecified atom stereocenters. The number of hydrogen-bond donors (Lipinski definition) is 1. The molecule has 7 rings (SSSR count). The molecule has 2 heteroatoms. The Morgan fingerprint density at radius 1 is 0.781 bits per heavy atom. The van der Waals surface area contributed by atoms with Gasteiger partial charge in [-0.15, -0.1) is 0 Å². The van der Waals surface area contributed by atoms with Crippen LogP contribution in [0.15, 0.2) is 90.5 Å². The van der Waals surface area contributed by atoms with Crippen LogP contribution >= 0.6 is 0 Å². The summed E-state index contributed by atoms with van der Waals surface area (Å²) in [6.45, 7) is 6.39. The molecular weight excluding hydrogens is 392 g/mol. The second-order valence-electron chi connectivity index (χ2n) is 10.5. The predicted octanol–water partition coefficient (Wildman–Crippen LogP) is 5.30. The average Bonchev–Trinajstić information content (AvgIpc) is 3.39. The van der Waals surface area contributed by atoms with E-state index >= 15 is 0 Å². The van der Waals surface area contributed by atoms with Gasteiger partial charge in [-0.2, -0.15) is 0 Å². The third kappa shape index (κ3) is 1.49. The molecule has 3 aromatic rings. The first-order valence-electron chi connectivity index (χ1n) is 11.6. The maximum absolute atomic E-state index is 14.3. The van der Waals surface area contributed by atoms with Crippen LogP contribution in [0.1, 0.15) is 43.0 Å². The molecule has 0 radical (unpaired) electrons. The van der Waals surface area contributed by atoms with Crippen LogP contribution in [0, 0.1) is 17.3 Å². The number of fused-ring (bicyclic) bond motifs is 3. The minimum absolute atomic E-state index is 0.236. The minimum Gasteiger partial charge on any atom is -0.384 e. The molecule has 158 valence electrons. The van der Waals surface area contributed by atoms with Gasteiger partial charge < -0.3 is 5.11 Å². The van der Waals surface area contributed by atoms with Crippen molar-refractivity contribution >= 4 is 11.4 Å². The van der Waals surface area contributed by atoms with Crippen molar-refractivity contribution in [3.63, 3.8) is 0 Å². The molecule has 0 saturated heterocycles. The first kappa shape index (κ1) is 18.6. The SMILES string of the molecule is CC1=C(c2ccccc2)C2(O)C3(C)c4ccccc4C4(c5ccccc5)C(C(=O)C13)C42C. The van der Waals surface area contributed by atoms with E-state index in [1.165, 1.54) is 5.56 Å². The van der Waals surface area contributed by atoms with Crippen LogP contribution in [-0.2, 0) is 15.6 Å². The number of carbonyl (C=O) groups excluding carboxylic acids is 1. The Hall–Kier alpha value is -2.97. The lowest BCUT2D eigenvalue weighted by Crippen LogP contribution is -2.63. The van der Waals surface area contributed by atoms with E-state index in [0.29, 0.717) is 5.78 Å². The smallest absolute Gasteiger partial charge is 0.146 e. The Morgan fingerprint density at radius 3 is 2.00 bits per heavy atom. The number of hydrogen-bond acceptors (Lipinski definition) is 2. The molecule has 4 aliphatic rings. The molecule has 32 heavy (non-hydrogen) atoms. The predicted molar refractivity (Wildman–Crippen MR) is 125 cm³/mol. The molecule has 1 N–H and O–H groups in total. The fourth-order valence-corrected chi connectivity index (χ4v) is 8.84. The fraction of sp³-hybridized carbons (Fsp3) is 0.300. The second-order valence-corrected chi connectivity index (χ2v) is 10.5. The zero-order valence-electron chi connectivity index (χ0n) is 18.6. The van der Waals surface area contributed by atoms with Crippen molar-refractivity contribution in [1.82, 2.24) is 0 Å². The first-order chi connectivity index (χ1) is 15.4. The summed E-state index contributed by atoms with van der Waals surface area (Å²) in [5.74, 6) is -0.251. The van der Waals surface area contributed by atoms with E-state index in [0.717, 1.165) is 27.8 Å². The van der Waals surface area contributed by atoms with Gasteiger partial charge in [0.1, 0.15) is 11.4 Å². The fourth-order valence-electron chi connectivity index (χ4n) is 8.84. The highest BCUT2D eigenvalue weighted by atomic mass is 16.3. The van der Waals surface area contributed by atoms with Crippen molar-refractivity contribution in [2.45, 2.75) is 37.2 Å². The van der Waals surface area contributed by atoms with Gasteiger partial charge >= 0.3 is 0 Å². The van der Waals surface area contributed by atoms with Crippen molar-refractivity contribution in [1.29, 1.82) is 0 Å². The van der Waals surface area contributed by atoms with Crippen molar-refractivity contribution in [2.75, 3.05) is 0 Å². The Bertz CT molecular complexity index is 1360. The highest BCUT2D eigenvalue weighted by Gasteiger charge is 2.95. The summed E-state index contributed by atoms with van der Waals surface area (Å²) in [7, 11) is 0. The lowest BCUT2D eigenvalue weighted by molar-refractivity contribution is -0.139. The van der Waals surface area contributed by atoms with Gasteiger partial charge in [0.25, 0.3) is 0 Å². The van der Waals surface area contributed by atoms with E-state index in [9.17, 15) is 9.90 Å². The van der Waals surface area contributed by atoms with Gasteiger partial charge in [-0.05, 0) is 34.8 Å². The zero-order valence-corrected chi connectivity index (χ0v) is 18.6. The van der Waals surface area contributed by atoms with E-state index in [1.54, 1.807) is 0 Å². The lowest BCUT2D eigenvalue weighted by Gasteiger charge is -2.56. The van der Waals surface area contributed by atoms with Gasteiger partial charge in [0, 0.05) is 22.2 Å². The lowest BCUT2D eigenvalue weighted by atomic mass is 9.49. The number of ketones is 1. The number of allylic oxidation sites excluding steroid dienone is 1. The Morgan fingerprint density at radius 2 is 1.34 bits per heavy atom. The van der Waals surface area contributed by atoms with Crippen LogP contribution in [0.2, 0.25) is 0 Å². The molecule has 4 aliphatic carbocycles. The molecule has 4 bridgehead atoms. The molecule has 0 heterocycles. The molecule has 0 aliphatic heterocycles. The molecule has 0 spiro atoms. The molecule has 0 amide bonds. The minimum atomic E-state index is -1.14. The third-order valence-electron chi connectivity index (χ3n) is 9.79. The van der Waals surface area contributed by atoms with Gasteiger partial charge in [-0.25, -0.2) is 0 Å². The maximum Gasteiger partial charge on any atom is 0.146 e. The summed E-state index contributed by atoms with van der Waals surface area (Å²) in [6.07, 6.45) is 0. The summed E-state index contributed by atoms with van der Waals surface area (Å²) in [5, 5.41) is 13.1. The van der Waals surface area contributed by atoms with E-state index in [2.05, 4.69) is 81.4 Å². The summed E-state index contributed by atoms with van der Waals surface area (Å²) < 4.78 is 0. The first-order valence-corrected chi connectivity index (χ1v) is 11.6. The Balaban J connectivity index is 1.66. The highest BCUT2D eigenvalue weighted by molar-refractivity contribution is 6.07. The quantitative estimate of drug-likeness (QED) is 0.613. The van der Waals surface area contributed by atoms with E-state index in [4.69, 9.17) is 0 Å². The number of benzene rings is 3. The van der Waals surface area contributed by atoms with Crippen molar-refractivity contribution in [3.8, 4) is 0 Å². The van der Waals surface area contributed by atoms with Gasteiger partial charge in [-0.3, -0.25) is 4.79 Å². The summed E-state index contributed by atoms with van der Waals surface area (Å²) in [4.78, 5) is 14.3. The summed E-state index contributed by atoms with van der Waals surface area (Å²) >= 11 is 0. The van der Waals surface area contributed by atoms with Gasteiger partial charge in [-0.1, -0.05) is 104 Å². The van der Waals surface area contributed by atoms with Crippen LogP contribution in [0.3, 0.4) is 0 Å². The summed E-state index contributed by atoms with van der Waals surface area (Å²) in [6, 6.07) is 29.2. The third-order valence-corrected chi connectivity index (χ3v) is 9.79. The van der Waals surface area contributed by atoms with E-state index in [-0.39, 0.29) is 11.8 Å². The standard InChI is InChI=1S/C30H26O2/c1-18-23(19-12-6-4-7-13-19)30(32)27(2)21-16-10-11-17-22(21)29(20-14-8-5-9-15-20)26(28(29,30)3)25(31)24(18)27/h4-17,24,26,32H,1-3H3. The van der Waals surface area contributed by atoms with Gasteiger partial charge in [0.2, 0.25) is 0 Å². The highest BCUT2D eigenvalue weighted by Crippen LogP contribution is 2.90. The molecular formula is C30H26O2. The second kappa shape index (κ2) is 5.32. The molecule has 2 fully saturated rings. The Labute approximate surface area is 188 Å². The van der Waals surface area contributed by atoms with Gasteiger partial charge in [0.05, 0.1) is 5.92 Å². The Kier molecular flexibility index (Phi) is 3.09. The van der Waals surface area contributed by atoms with E-state index in [1.807, 2.05) is 24.3 Å². The van der Waals surface area contributed by atoms with Crippen LogP contribution in [0.4, 0.5) is 0 Å². The number of rotatable bonds is 2. The normalized spacial score (nSPS) is 40.3. The zero-order chi connectivity index (χ0) is 22.1. The molecule has 2 nitrogen and oxygen atoms in total. The maximum atomic E-state index is 14.3. The number of carbonyl (C=O) groups is 1. The molecule has 3 aromatic carbocycles. The molecule has 2 saturated carbocycles. The van der Waals surface area contributed by atoms with Crippen molar-refractivity contribution < 1.29 is 9.90 Å². The summed E-state index contributed by atoms with van der Waals surface area (Å²) in [5.41, 5.74) is 3.60. The van der Waals surface area contributed by atoms with Crippen LogP contribution in [-0.4, -0.2) is 16.5 Å². The average molecular weight is 419 g/mol. The molecule has 6 atom stereocenters. The van der Waals surface area contributed by atoms with Crippen molar-refractivity contribution in [2.24, 2.45) is 17.3 Å². The van der Waals surface area contributed by atoms with Crippen LogP contribution < -0.4 is 0 Å². The van der Waals surface area contributed by atoms with Crippen LogP contribution in [0.25, 0.3) is 5.57 Å². The largest absolute Gasteiger partial charge is 0.384 e. The van der Waals surface area contributed by atoms with Crippen LogP contribution in [0.5, 0.6) is 0 Å². The topological polar surface area (TPSA) is 37.3 Å². The van der Waals surface area contributed by atoms with E-state index < -0.39 is 21.8 Å². The van der Waals surface area contributed by atoms with Gasteiger partial charge in [0.15, 0.2) is 0 Å². The molecule has 0 aromatic heterocycles. The monoisotopic (exact) mass is 418 g/mol. The van der Waals surface area contributed by atoms with Crippen molar-refractivity contribution in [3.05, 3.63) is 113 Å². The number of Topliss-reactive ketones (excluding diaryl/α,β-unsaturated/α-hetero) is 1. The number of aliphatic hydroxyl groups is 1.